The van der Waals surface area contributed by atoms with Crippen LogP contribution in [0.1, 0.15) is 13.3 Å². The number of piperidine rings is 1. The van der Waals surface area contributed by atoms with Crippen LogP contribution >= 0.6 is 0 Å². The summed E-state index contributed by atoms with van der Waals surface area (Å²) in [5, 5.41) is 3.92. The average Bonchev–Trinajstić information content (AvgIpc) is 2.74. The maximum atomic E-state index is 11.9. The van der Waals surface area contributed by atoms with E-state index in [2.05, 4.69) is 17.0 Å². The third-order valence-corrected chi connectivity index (χ3v) is 3.09. The van der Waals surface area contributed by atoms with E-state index in [4.69, 9.17) is 5.73 Å². The van der Waals surface area contributed by atoms with Crippen LogP contribution in [-0.4, -0.2) is 44.7 Å². The maximum Gasteiger partial charge on any atom is 0.244 e. The molecule has 2 heterocycles. The number of rotatable bonds is 2. The molecule has 88 valence electrons. The molecule has 0 bridgehead atoms. The van der Waals surface area contributed by atoms with Crippen molar-refractivity contribution in [3.8, 4) is 0 Å². The number of amides is 1. The van der Waals surface area contributed by atoms with E-state index in [1.54, 1.807) is 11.0 Å². The normalized spacial score (nSPS) is 25.8. The summed E-state index contributed by atoms with van der Waals surface area (Å²) in [6.07, 6.45) is 3.86. The van der Waals surface area contributed by atoms with Crippen molar-refractivity contribution in [3.05, 3.63) is 12.7 Å². The van der Waals surface area contributed by atoms with Crippen LogP contribution in [0.25, 0.3) is 0 Å². The molecule has 0 saturated carbocycles. The summed E-state index contributed by atoms with van der Waals surface area (Å²) in [4.78, 5) is 17.6. The zero-order valence-electron chi connectivity index (χ0n) is 9.41. The number of nitrogens with two attached hydrogens (primary N) is 1. The molecule has 2 N–H and O–H groups in total. The van der Waals surface area contributed by atoms with Crippen molar-refractivity contribution in [1.29, 1.82) is 0 Å². The third kappa shape index (κ3) is 2.38. The van der Waals surface area contributed by atoms with Gasteiger partial charge in [0.1, 0.15) is 19.2 Å². The highest BCUT2D eigenvalue weighted by Crippen LogP contribution is 2.15. The van der Waals surface area contributed by atoms with Gasteiger partial charge in [-0.15, -0.1) is 0 Å². The lowest BCUT2D eigenvalue weighted by atomic mass is 9.95. The second-order valence-corrected chi connectivity index (χ2v) is 4.36. The minimum Gasteiger partial charge on any atom is -0.341 e. The first kappa shape index (κ1) is 11.1. The van der Waals surface area contributed by atoms with E-state index >= 15 is 0 Å². The van der Waals surface area contributed by atoms with E-state index in [-0.39, 0.29) is 18.5 Å². The van der Waals surface area contributed by atoms with Crippen molar-refractivity contribution >= 4 is 5.91 Å². The minimum absolute atomic E-state index is 0.0873. The summed E-state index contributed by atoms with van der Waals surface area (Å²) >= 11 is 0. The van der Waals surface area contributed by atoms with E-state index in [1.807, 2.05) is 4.90 Å². The number of carbonyl (C=O) groups is 1. The molecule has 2 atom stereocenters. The SMILES string of the molecule is CC1CN(C(=O)Cn2cncn2)CCC1N. The fraction of sp³-hybridized carbons (Fsp3) is 0.700. The average molecular weight is 223 g/mol. The zero-order chi connectivity index (χ0) is 11.5. The molecule has 0 aliphatic carbocycles. The van der Waals surface area contributed by atoms with Gasteiger partial charge in [-0.05, 0) is 12.3 Å². The topological polar surface area (TPSA) is 77.0 Å². The van der Waals surface area contributed by atoms with Crippen LogP contribution in [0.5, 0.6) is 0 Å². The van der Waals surface area contributed by atoms with Gasteiger partial charge in [0.2, 0.25) is 5.91 Å². The Morgan fingerprint density at radius 3 is 3.06 bits per heavy atom. The van der Waals surface area contributed by atoms with E-state index in [9.17, 15) is 4.79 Å². The molecule has 1 saturated heterocycles. The number of hydrogen-bond acceptors (Lipinski definition) is 4. The van der Waals surface area contributed by atoms with Gasteiger partial charge < -0.3 is 10.6 Å². The van der Waals surface area contributed by atoms with Gasteiger partial charge in [0.15, 0.2) is 0 Å². The number of hydrogen-bond donors (Lipinski definition) is 1. The van der Waals surface area contributed by atoms with Gasteiger partial charge in [-0.1, -0.05) is 6.92 Å². The van der Waals surface area contributed by atoms with Crippen molar-refractivity contribution in [3.63, 3.8) is 0 Å². The van der Waals surface area contributed by atoms with Crippen LogP contribution in [0.3, 0.4) is 0 Å². The van der Waals surface area contributed by atoms with Gasteiger partial charge in [-0.2, -0.15) is 5.10 Å². The van der Waals surface area contributed by atoms with Crippen LogP contribution in [-0.2, 0) is 11.3 Å². The first-order valence-corrected chi connectivity index (χ1v) is 5.52. The summed E-state index contributed by atoms with van der Waals surface area (Å²) in [7, 11) is 0. The van der Waals surface area contributed by atoms with E-state index < -0.39 is 0 Å². The fourth-order valence-electron chi connectivity index (χ4n) is 1.94. The van der Waals surface area contributed by atoms with Crippen LogP contribution in [0.4, 0.5) is 0 Å². The summed E-state index contributed by atoms with van der Waals surface area (Å²) in [6, 6.07) is 0.218. The van der Waals surface area contributed by atoms with Crippen molar-refractivity contribution in [2.75, 3.05) is 13.1 Å². The monoisotopic (exact) mass is 223 g/mol. The molecule has 2 rings (SSSR count). The molecular weight excluding hydrogens is 206 g/mol. The molecule has 6 nitrogen and oxygen atoms in total. The van der Waals surface area contributed by atoms with Crippen molar-refractivity contribution in [2.24, 2.45) is 11.7 Å². The van der Waals surface area contributed by atoms with Gasteiger partial charge in [0, 0.05) is 19.1 Å². The molecule has 1 fully saturated rings. The van der Waals surface area contributed by atoms with E-state index in [0.717, 1.165) is 19.5 Å². The lowest BCUT2D eigenvalue weighted by Gasteiger charge is -2.35. The number of nitrogens with zero attached hydrogens (tertiary/aromatic N) is 4. The fourth-order valence-corrected chi connectivity index (χ4v) is 1.94. The van der Waals surface area contributed by atoms with E-state index in [1.165, 1.54) is 6.33 Å². The molecule has 0 radical (unpaired) electrons. The number of aromatic nitrogens is 3. The molecule has 1 aromatic heterocycles. The smallest absolute Gasteiger partial charge is 0.244 e. The Labute approximate surface area is 94.4 Å². The molecular formula is C10H17N5O. The van der Waals surface area contributed by atoms with Gasteiger partial charge in [0.05, 0.1) is 0 Å². The Balaban J connectivity index is 1.90. The summed E-state index contributed by atoms with van der Waals surface area (Å²) in [5.74, 6) is 0.456. The predicted molar refractivity (Wildman–Crippen MR) is 58.4 cm³/mol. The van der Waals surface area contributed by atoms with E-state index in [0.29, 0.717) is 5.92 Å². The molecule has 1 aliphatic rings. The molecule has 2 unspecified atom stereocenters. The Kier molecular flexibility index (Phi) is 3.19. The van der Waals surface area contributed by atoms with Gasteiger partial charge in [0.25, 0.3) is 0 Å². The summed E-state index contributed by atoms with van der Waals surface area (Å²) in [6.45, 7) is 3.84. The second kappa shape index (κ2) is 4.61. The molecule has 1 amide bonds. The first-order chi connectivity index (χ1) is 7.66. The summed E-state index contributed by atoms with van der Waals surface area (Å²) in [5.41, 5.74) is 5.91. The van der Waals surface area contributed by atoms with Crippen LogP contribution in [0.2, 0.25) is 0 Å². The minimum atomic E-state index is 0.0873. The Morgan fingerprint density at radius 1 is 1.62 bits per heavy atom. The zero-order valence-corrected chi connectivity index (χ0v) is 9.41. The van der Waals surface area contributed by atoms with Crippen molar-refractivity contribution in [1.82, 2.24) is 19.7 Å². The largest absolute Gasteiger partial charge is 0.341 e. The quantitative estimate of drug-likeness (QED) is 0.731. The Morgan fingerprint density at radius 2 is 2.44 bits per heavy atom. The summed E-state index contributed by atoms with van der Waals surface area (Å²) < 4.78 is 1.54. The standard InChI is InChI=1S/C10H17N5O/c1-8-4-14(3-2-9(8)11)10(16)5-15-7-12-6-13-15/h6-9H,2-5,11H2,1H3. The molecule has 0 spiro atoms. The van der Waals surface area contributed by atoms with Crippen molar-refractivity contribution in [2.45, 2.75) is 25.9 Å². The van der Waals surface area contributed by atoms with Crippen LogP contribution < -0.4 is 5.73 Å². The third-order valence-electron chi connectivity index (χ3n) is 3.09. The lowest BCUT2D eigenvalue weighted by molar-refractivity contribution is -0.133. The predicted octanol–water partition coefficient (Wildman–Crippen LogP) is -0.526. The maximum absolute atomic E-state index is 11.9. The molecule has 1 aliphatic heterocycles. The van der Waals surface area contributed by atoms with Gasteiger partial charge in [-0.3, -0.25) is 4.79 Å². The highest BCUT2D eigenvalue weighted by atomic mass is 16.2. The lowest BCUT2D eigenvalue weighted by Crippen LogP contribution is -2.49. The van der Waals surface area contributed by atoms with Crippen LogP contribution in [0, 0.1) is 5.92 Å². The molecule has 1 aromatic rings. The number of carbonyl (C=O) groups excluding carboxylic acids is 1. The number of likely N-dealkylation sites (tertiary alicyclic amines) is 1. The highest BCUT2D eigenvalue weighted by Gasteiger charge is 2.26. The molecule has 16 heavy (non-hydrogen) atoms. The van der Waals surface area contributed by atoms with Crippen LogP contribution in [0.15, 0.2) is 12.7 Å². The Hall–Kier alpha value is -1.43. The van der Waals surface area contributed by atoms with Gasteiger partial charge >= 0.3 is 0 Å². The Bertz CT molecular complexity index is 350. The first-order valence-electron chi connectivity index (χ1n) is 5.52. The molecule has 6 heteroatoms. The molecule has 0 aromatic carbocycles. The van der Waals surface area contributed by atoms with Crippen molar-refractivity contribution < 1.29 is 4.79 Å². The van der Waals surface area contributed by atoms with Gasteiger partial charge in [-0.25, -0.2) is 9.67 Å². The second-order valence-electron chi connectivity index (χ2n) is 4.36. The highest BCUT2D eigenvalue weighted by molar-refractivity contribution is 5.76.